The van der Waals surface area contributed by atoms with Crippen molar-refractivity contribution in [2.75, 3.05) is 11.1 Å². The molecular weight excluding hydrogens is 268 g/mol. The summed E-state index contributed by atoms with van der Waals surface area (Å²) in [7, 11) is 0. The highest BCUT2D eigenvalue weighted by Gasteiger charge is 2.18. The second kappa shape index (κ2) is 5.09. The lowest BCUT2D eigenvalue weighted by Gasteiger charge is -2.10. The third kappa shape index (κ3) is 2.46. The molecule has 0 unspecified atom stereocenters. The highest BCUT2D eigenvalue weighted by atomic mass is 16.6. The van der Waals surface area contributed by atoms with E-state index in [9.17, 15) is 10.1 Å². The largest absolute Gasteiger partial charge is 0.399 e. The number of rotatable bonds is 3. The van der Waals surface area contributed by atoms with Crippen LogP contribution < -0.4 is 11.1 Å². The third-order valence-electron chi connectivity index (χ3n) is 3.11. The molecule has 3 aromatic rings. The normalized spacial score (nSPS) is 10.5. The van der Waals surface area contributed by atoms with Gasteiger partial charge in [-0.3, -0.25) is 10.1 Å². The Labute approximate surface area is 120 Å². The lowest BCUT2D eigenvalue weighted by molar-refractivity contribution is -0.384. The predicted molar refractivity (Wildman–Crippen MR) is 82.5 cm³/mol. The summed E-state index contributed by atoms with van der Waals surface area (Å²) in [5.41, 5.74) is 8.04. The average molecular weight is 280 g/mol. The molecule has 0 saturated heterocycles. The molecule has 0 bridgehead atoms. The number of nitrogens with zero attached hydrogens (tertiary/aromatic N) is 2. The summed E-state index contributed by atoms with van der Waals surface area (Å²) < 4.78 is 0. The summed E-state index contributed by atoms with van der Waals surface area (Å²) in [6.45, 7) is 0. The number of para-hydroxylation sites is 1. The lowest BCUT2D eigenvalue weighted by Crippen LogP contribution is -1.99. The summed E-state index contributed by atoms with van der Waals surface area (Å²) in [6, 6.07) is 14.3. The molecule has 0 aliphatic heterocycles. The monoisotopic (exact) mass is 280 g/mol. The van der Waals surface area contributed by atoms with E-state index in [4.69, 9.17) is 5.73 Å². The van der Waals surface area contributed by atoms with Crippen LogP contribution in [0.25, 0.3) is 10.9 Å². The molecule has 6 nitrogen and oxygen atoms in total. The molecule has 0 radical (unpaired) electrons. The molecule has 0 atom stereocenters. The van der Waals surface area contributed by atoms with Gasteiger partial charge in [0.1, 0.15) is 11.9 Å². The van der Waals surface area contributed by atoms with Crippen molar-refractivity contribution in [1.29, 1.82) is 0 Å². The van der Waals surface area contributed by atoms with Crippen LogP contribution in [0.4, 0.5) is 22.7 Å². The average Bonchev–Trinajstić information content (AvgIpc) is 2.47. The standard InChI is InChI=1S/C15H12N4O2/c16-10-4-3-5-11(8-10)18-15-12-6-1-2-7-13(12)17-9-14(15)19(20)21/h1-9H,16H2,(H,17,18). The number of benzene rings is 2. The Kier molecular flexibility index (Phi) is 3.12. The van der Waals surface area contributed by atoms with Crippen LogP contribution >= 0.6 is 0 Å². The van der Waals surface area contributed by atoms with Crippen molar-refractivity contribution >= 4 is 33.7 Å². The molecule has 0 aliphatic rings. The Morgan fingerprint density at radius 3 is 2.71 bits per heavy atom. The zero-order valence-corrected chi connectivity index (χ0v) is 11.0. The van der Waals surface area contributed by atoms with Crippen LogP contribution in [0.3, 0.4) is 0 Å². The minimum absolute atomic E-state index is 0.0730. The molecule has 0 saturated carbocycles. The first-order valence-electron chi connectivity index (χ1n) is 6.30. The number of nitrogens with two attached hydrogens (primary N) is 1. The number of hydrogen-bond acceptors (Lipinski definition) is 5. The van der Waals surface area contributed by atoms with Crippen molar-refractivity contribution in [3.63, 3.8) is 0 Å². The van der Waals surface area contributed by atoms with E-state index in [0.29, 0.717) is 28.0 Å². The van der Waals surface area contributed by atoms with Gasteiger partial charge in [0.05, 0.1) is 10.4 Å². The number of nitro groups is 1. The van der Waals surface area contributed by atoms with Crippen molar-refractivity contribution in [2.24, 2.45) is 0 Å². The number of nitrogen functional groups attached to an aromatic ring is 1. The van der Waals surface area contributed by atoms with E-state index >= 15 is 0 Å². The maximum absolute atomic E-state index is 11.2. The first-order chi connectivity index (χ1) is 10.1. The summed E-state index contributed by atoms with van der Waals surface area (Å²) >= 11 is 0. The molecule has 21 heavy (non-hydrogen) atoms. The van der Waals surface area contributed by atoms with Gasteiger partial charge < -0.3 is 11.1 Å². The molecule has 1 heterocycles. The molecule has 2 aromatic carbocycles. The summed E-state index contributed by atoms with van der Waals surface area (Å²) in [5.74, 6) is 0. The number of fused-ring (bicyclic) bond motifs is 1. The fraction of sp³-hybridized carbons (Fsp3) is 0. The molecule has 3 rings (SSSR count). The van der Waals surface area contributed by atoms with Crippen molar-refractivity contribution in [3.8, 4) is 0 Å². The minimum Gasteiger partial charge on any atom is -0.399 e. The first kappa shape index (κ1) is 12.9. The Morgan fingerprint density at radius 2 is 1.95 bits per heavy atom. The van der Waals surface area contributed by atoms with Crippen molar-refractivity contribution in [2.45, 2.75) is 0 Å². The zero-order chi connectivity index (χ0) is 14.8. The zero-order valence-electron chi connectivity index (χ0n) is 11.0. The van der Waals surface area contributed by atoms with Crippen LogP contribution in [-0.4, -0.2) is 9.91 Å². The van der Waals surface area contributed by atoms with Gasteiger partial charge in [-0.05, 0) is 24.3 Å². The fourth-order valence-corrected chi connectivity index (χ4v) is 2.16. The minimum atomic E-state index is -0.450. The van der Waals surface area contributed by atoms with E-state index in [-0.39, 0.29) is 5.69 Å². The molecule has 6 heteroatoms. The van der Waals surface area contributed by atoms with E-state index in [1.54, 1.807) is 30.3 Å². The van der Waals surface area contributed by atoms with E-state index < -0.39 is 4.92 Å². The van der Waals surface area contributed by atoms with Gasteiger partial charge in [-0.2, -0.15) is 0 Å². The van der Waals surface area contributed by atoms with Gasteiger partial charge in [0.2, 0.25) is 0 Å². The smallest absolute Gasteiger partial charge is 0.311 e. The highest BCUT2D eigenvalue weighted by molar-refractivity contribution is 5.97. The van der Waals surface area contributed by atoms with Crippen molar-refractivity contribution in [1.82, 2.24) is 4.98 Å². The maximum atomic E-state index is 11.2. The number of hydrogen-bond donors (Lipinski definition) is 2. The highest BCUT2D eigenvalue weighted by Crippen LogP contribution is 2.34. The van der Waals surface area contributed by atoms with E-state index in [2.05, 4.69) is 10.3 Å². The second-order valence-corrected chi connectivity index (χ2v) is 4.54. The number of anilines is 3. The number of aromatic nitrogens is 1. The van der Waals surface area contributed by atoms with Crippen LogP contribution in [-0.2, 0) is 0 Å². The maximum Gasteiger partial charge on any atom is 0.311 e. The molecule has 0 spiro atoms. The van der Waals surface area contributed by atoms with Gasteiger partial charge in [-0.15, -0.1) is 0 Å². The van der Waals surface area contributed by atoms with E-state index in [0.717, 1.165) is 0 Å². The quantitative estimate of drug-likeness (QED) is 0.435. The van der Waals surface area contributed by atoms with E-state index in [1.165, 1.54) is 6.20 Å². The molecule has 0 fully saturated rings. The van der Waals surface area contributed by atoms with Crippen molar-refractivity contribution < 1.29 is 4.92 Å². The van der Waals surface area contributed by atoms with Gasteiger partial charge in [0.15, 0.2) is 0 Å². The number of nitrogens with one attached hydrogen (secondary N) is 1. The summed E-state index contributed by atoms with van der Waals surface area (Å²) in [5, 5.41) is 15.0. The van der Waals surface area contributed by atoms with Crippen LogP contribution in [0.2, 0.25) is 0 Å². The first-order valence-corrected chi connectivity index (χ1v) is 6.30. The van der Waals surface area contributed by atoms with Crippen molar-refractivity contribution in [3.05, 3.63) is 64.8 Å². The van der Waals surface area contributed by atoms with Gasteiger partial charge in [-0.1, -0.05) is 24.3 Å². The fourth-order valence-electron chi connectivity index (χ4n) is 2.16. The van der Waals surface area contributed by atoms with Gasteiger partial charge in [-0.25, -0.2) is 4.98 Å². The molecular formula is C15H12N4O2. The molecule has 0 aliphatic carbocycles. The van der Waals surface area contributed by atoms with Gasteiger partial charge in [0.25, 0.3) is 0 Å². The Morgan fingerprint density at radius 1 is 1.14 bits per heavy atom. The topological polar surface area (TPSA) is 94.1 Å². The Balaban J connectivity index is 2.18. The van der Waals surface area contributed by atoms with Crippen LogP contribution in [0.1, 0.15) is 0 Å². The number of pyridine rings is 1. The third-order valence-corrected chi connectivity index (χ3v) is 3.11. The SMILES string of the molecule is Nc1cccc(Nc2c([N+](=O)[O-])cnc3ccccc23)c1. The Hall–Kier alpha value is -3.15. The summed E-state index contributed by atoms with van der Waals surface area (Å²) in [6.07, 6.45) is 1.26. The second-order valence-electron chi connectivity index (χ2n) is 4.54. The summed E-state index contributed by atoms with van der Waals surface area (Å²) in [4.78, 5) is 14.9. The molecule has 3 N–H and O–H groups in total. The van der Waals surface area contributed by atoms with Gasteiger partial charge in [0, 0.05) is 16.8 Å². The van der Waals surface area contributed by atoms with Crippen LogP contribution in [0, 0.1) is 10.1 Å². The lowest BCUT2D eigenvalue weighted by atomic mass is 10.1. The molecule has 104 valence electrons. The van der Waals surface area contributed by atoms with Crippen LogP contribution in [0.5, 0.6) is 0 Å². The Bertz CT molecular complexity index is 833. The molecule has 0 amide bonds. The van der Waals surface area contributed by atoms with E-state index in [1.807, 2.05) is 18.2 Å². The predicted octanol–water partition coefficient (Wildman–Crippen LogP) is 3.47. The van der Waals surface area contributed by atoms with Gasteiger partial charge >= 0.3 is 5.69 Å². The molecule has 1 aromatic heterocycles. The van der Waals surface area contributed by atoms with Crippen LogP contribution in [0.15, 0.2) is 54.7 Å².